The third kappa shape index (κ3) is 32.0. The molecule has 0 saturated carbocycles. The van der Waals surface area contributed by atoms with Crippen molar-refractivity contribution >= 4 is 11.8 Å². The van der Waals surface area contributed by atoms with Gasteiger partial charge in [-0.05, 0) is 70.3 Å². The molecule has 0 aromatic heterocycles. The molecule has 0 bridgehead atoms. The molecule has 46 heavy (non-hydrogen) atoms. The molecule has 5 nitrogen and oxygen atoms in total. The minimum absolute atomic E-state index is 0.0413. The summed E-state index contributed by atoms with van der Waals surface area (Å²) < 4.78 is 5.53. The zero-order valence-corrected chi connectivity index (χ0v) is 29.3. The van der Waals surface area contributed by atoms with E-state index in [2.05, 4.69) is 104 Å². The van der Waals surface area contributed by atoms with E-state index >= 15 is 0 Å². The molecule has 0 saturated heterocycles. The van der Waals surface area contributed by atoms with E-state index in [9.17, 15) is 9.59 Å². The van der Waals surface area contributed by atoms with Gasteiger partial charge in [-0.25, -0.2) is 0 Å². The number of amides is 2. The quantitative estimate of drug-likeness (QED) is 0.0490. The van der Waals surface area contributed by atoms with Crippen LogP contribution in [0.2, 0.25) is 0 Å². The first-order chi connectivity index (χ1) is 22.5. The Balaban J connectivity index is 3.74. The second-order valence-corrected chi connectivity index (χ2v) is 11.1. The van der Waals surface area contributed by atoms with Crippen molar-refractivity contribution in [1.29, 1.82) is 0 Å². The highest BCUT2D eigenvalue weighted by atomic mass is 16.5. The average Bonchev–Trinajstić information content (AvgIpc) is 3.05. The second kappa shape index (κ2) is 34.4. The number of rotatable bonds is 29. The van der Waals surface area contributed by atoms with E-state index in [1.807, 2.05) is 25.2 Å². The van der Waals surface area contributed by atoms with Gasteiger partial charge in [-0.3, -0.25) is 9.59 Å². The van der Waals surface area contributed by atoms with E-state index in [-0.39, 0.29) is 11.8 Å². The molecular weight excluding hydrogens is 568 g/mol. The van der Waals surface area contributed by atoms with Gasteiger partial charge in [0.15, 0.2) is 0 Å². The lowest BCUT2D eigenvalue weighted by Gasteiger charge is -2.07. The average molecular weight is 633 g/mol. The molecule has 0 heterocycles. The first kappa shape index (κ1) is 42.6. The van der Waals surface area contributed by atoms with E-state index < -0.39 is 0 Å². The highest BCUT2D eigenvalue weighted by Gasteiger charge is 2.00. The standard InChI is InChI=1S/C41H64N2O3/c1-5-8-10-12-13-14-15-16-17-18-19-20-21-22-23-24-26-30-40(44)42-34-36-46-37-35-43-41(45)31-27-29-39(7-3)33-32-38(4)28-25-11-9-6-2/h7-8,10,13-14,16-17,19-20,22-23,27,29,32-33H,4-6,9,11-12,15,18,21,24-26,28,30-31,34-37H2,1-3H3,(H,42,44)(H,43,45). The van der Waals surface area contributed by atoms with Gasteiger partial charge in [0.1, 0.15) is 0 Å². The van der Waals surface area contributed by atoms with Crippen molar-refractivity contribution in [2.24, 2.45) is 0 Å². The Bertz CT molecular complexity index is 1020. The molecule has 2 amide bonds. The van der Waals surface area contributed by atoms with E-state index in [0.29, 0.717) is 39.1 Å². The number of carbonyl (C=O) groups is 2. The number of allylic oxidation sites excluding steroid dienone is 16. The highest BCUT2D eigenvalue weighted by Crippen LogP contribution is 2.11. The summed E-state index contributed by atoms with van der Waals surface area (Å²) in [4.78, 5) is 24.1. The first-order valence-corrected chi connectivity index (χ1v) is 17.6. The van der Waals surface area contributed by atoms with Gasteiger partial charge in [-0.2, -0.15) is 0 Å². The van der Waals surface area contributed by atoms with Crippen LogP contribution in [0.15, 0.2) is 109 Å². The summed E-state index contributed by atoms with van der Waals surface area (Å²) in [6.07, 6.45) is 45.4. The van der Waals surface area contributed by atoms with Gasteiger partial charge in [0.25, 0.3) is 0 Å². The fraction of sp³-hybridized carbons (Fsp3) is 0.512. The van der Waals surface area contributed by atoms with Crippen LogP contribution in [0.5, 0.6) is 0 Å². The van der Waals surface area contributed by atoms with Crippen LogP contribution in [0.3, 0.4) is 0 Å². The van der Waals surface area contributed by atoms with E-state index in [0.717, 1.165) is 62.5 Å². The smallest absolute Gasteiger partial charge is 0.223 e. The Labute approximate surface area is 282 Å². The molecule has 0 aliphatic heterocycles. The number of nitrogens with one attached hydrogen (secondary N) is 2. The predicted molar refractivity (Wildman–Crippen MR) is 200 cm³/mol. The highest BCUT2D eigenvalue weighted by molar-refractivity contribution is 5.77. The van der Waals surface area contributed by atoms with Crippen LogP contribution in [0.25, 0.3) is 0 Å². The van der Waals surface area contributed by atoms with E-state index in [4.69, 9.17) is 4.74 Å². The minimum atomic E-state index is -0.0413. The summed E-state index contributed by atoms with van der Waals surface area (Å²) in [5.74, 6) is 0.00287. The number of hydrogen-bond acceptors (Lipinski definition) is 3. The van der Waals surface area contributed by atoms with Gasteiger partial charge < -0.3 is 15.4 Å². The second-order valence-electron chi connectivity index (χ2n) is 11.1. The summed E-state index contributed by atoms with van der Waals surface area (Å²) in [7, 11) is 0. The molecule has 0 unspecified atom stereocenters. The summed E-state index contributed by atoms with van der Waals surface area (Å²) in [5, 5.41) is 5.75. The molecular formula is C41H64N2O3. The molecule has 256 valence electrons. The van der Waals surface area contributed by atoms with Crippen molar-refractivity contribution in [1.82, 2.24) is 10.6 Å². The lowest BCUT2D eigenvalue weighted by Crippen LogP contribution is -2.29. The van der Waals surface area contributed by atoms with Gasteiger partial charge in [0.2, 0.25) is 11.8 Å². The number of carbonyl (C=O) groups excluding carboxylic acids is 2. The first-order valence-electron chi connectivity index (χ1n) is 17.6. The van der Waals surface area contributed by atoms with Crippen molar-refractivity contribution in [3.05, 3.63) is 109 Å². The van der Waals surface area contributed by atoms with Gasteiger partial charge in [0.05, 0.1) is 13.2 Å². The van der Waals surface area contributed by atoms with Crippen LogP contribution in [0.1, 0.15) is 111 Å². The Kier molecular flexibility index (Phi) is 31.9. The summed E-state index contributed by atoms with van der Waals surface area (Å²) in [5.41, 5.74) is 2.19. The van der Waals surface area contributed by atoms with Crippen LogP contribution < -0.4 is 10.6 Å². The largest absolute Gasteiger partial charge is 0.378 e. The van der Waals surface area contributed by atoms with Gasteiger partial charge in [-0.1, -0.05) is 136 Å². The van der Waals surface area contributed by atoms with Crippen LogP contribution in [-0.4, -0.2) is 38.1 Å². The molecule has 0 aromatic carbocycles. The van der Waals surface area contributed by atoms with Crippen molar-refractivity contribution in [3.63, 3.8) is 0 Å². The molecule has 0 aliphatic carbocycles. The van der Waals surface area contributed by atoms with Crippen LogP contribution in [-0.2, 0) is 14.3 Å². The van der Waals surface area contributed by atoms with Gasteiger partial charge >= 0.3 is 0 Å². The summed E-state index contributed by atoms with van der Waals surface area (Å²) >= 11 is 0. The predicted octanol–water partition coefficient (Wildman–Crippen LogP) is 10.1. The zero-order chi connectivity index (χ0) is 33.8. The van der Waals surface area contributed by atoms with Crippen molar-refractivity contribution in [3.8, 4) is 0 Å². The molecule has 0 radical (unpaired) electrons. The van der Waals surface area contributed by atoms with Crippen molar-refractivity contribution in [2.75, 3.05) is 26.3 Å². The molecule has 0 spiro atoms. The third-order valence-corrected chi connectivity index (χ3v) is 6.88. The van der Waals surface area contributed by atoms with Crippen LogP contribution in [0, 0.1) is 0 Å². The Morgan fingerprint density at radius 3 is 1.80 bits per heavy atom. The normalized spacial score (nSPS) is 12.8. The maximum absolute atomic E-state index is 12.1. The van der Waals surface area contributed by atoms with Crippen LogP contribution >= 0.6 is 0 Å². The molecule has 0 rings (SSSR count). The Morgan fingerprint density at radius 2 is 1.22 bits per heavy atom. The fourth-order valence-electron chi connectivity index (χ4n) is 4.16. The topological polar surface area (TPSA) is 67.4 Å². The third-order valence-electron chi connectivity index (χ3n) is 6.88. The Morgan fingerprint density at radius 1 is 0.630 bits per heavy atom. The number of ether oxygens (including phenoxy) is 1. The maximum atomic E-state index is 12.1. The number of unbranched alkanes of at least 4 members (excludes halogenated alkanes) is 4. The van der Waals surface area contributed by atoms with E-state index in [1.165, 1.54) is 25.7 Å². The minimum Gasteiger partial charge on any atom is -0.378 e. The monoisotopic (exact) mass is 632 g/mol. The van der Waals surface area contributed by atoms with Gasteiger partial charge in [-0.15, -0.1) is 0 Å². The molecule has 0 aromatic rings. The van der Waals surface area contributed by atoms with Crippen molar-refractivity contribution < 1.29 is 14.3 Å². The van der Waals surface area contributed by atoms with E-state index in [1.54, 1.807) is 0 Å². The SMILES string of the molecule is C=C(C=CC(C=CCC(=O)NCCOCCNC(=O)CCCC=CCC=CCC=CCC=CCC=CCC)=CC)CCCCCC. The van der Waals surface area contributed by atoms with Gasteiger partial charge in [0, 0.05) is 25.9 Å². The molecule has 0 fully saturated rings. The summed E-state index contributed by atoms with van der Waals surface area (Å²) in [6.45, 7) is 12.3. The van der Waals surface area contributed by atoms with Crippen molar-refractivity contribution in [2.45, 2.75) is 111 Å². The van der Waals surface area contributed by atoms with Crippen LogP contribution in [0.4, 0.5) is 0 Å². The number of hydrogen-bond donors (Lipinski definition) is 2. The lowest BCUT2D eigenvalue weighted by atomic mass is 10.1. The lowest BCUT2D eigenvalue weighted by molar-refractivity contribution is -0.121. The summed E-state index contributed by atoms with van der Waals surface area (Å²) in [6, 6.07) is 0. The molecule has 5 heteroatoms. The molecule has 0 atom stereocenters. The molecule has 2 N–H and O–H groups in total. The fourth-order valence-corrected chi connectivity index (χ4v) is 4.16. The Hall–Kier alpha value is -3.44. The molecule has 0 aliphatic rings. The zero-order valence-electron chi connectivity index (χ0n) is 29.3. The maximum Gasteiger partial charge on any atom is 0.223 e.